The van der Waals surface area contributed by atoms with Gasteiger partial charge in [0.25, 0.3) is 5.91 Å². The number of nitrogens with one attached hydrogen (secondary N) is 1. The van der Waals surface area contributed by atoms with Gasteiger partial charge in [0, 0.05) is 18.3 Å². The van der Waals surface area contributed by atoms with Gasteiger partial charge in [0.1, 0.15) is 5.75 Å². The molecule has 0 aliphatic carbocycles. The Morgan fingerprint density at radius 1 is 1.19 bits per heavy atom. The molecule has 1 aromatic heterocycles. The number of amides is 1. The molecule has 0 bridgehead atoms. The van der Waals surface area contributed by atoms with Crippen LogP contribution in [0.15, 0.2) is 54.9 Å². The summed E-state index contributed by atoms with van der Waals surface area (Å²) in [4.78, 5) is 15.8. The molecule has 1 aliphatic heterocycles. The van der Waals surface area contributed by atoms with Crippen molar-refractivity contribution in [2.75, 3.05) is 11.9 Å². The Hall–Kier alpha value is -3.21. The molecule has 26 heavy (non-hydrogen) atoms. The number of aromatic nitrogens is 1. The molecular formula is C21H17FN2O2. The fourth-order valence-electron chi connectivity index (χ4n) is 3.13. The summed E-state index contributed by atoms with van der Waals surface area (Å²) in [6.07, 6.45) is 3.34. The van der Waals surface area contributed by atoms with Gasteiger partial charge in [-0.1, -0.05) is 12.1 Å². The fourth-order valence-corrected chi connectivity index (χ4v) is 3.13. The molecular weight excluding hydrogens is 331 g/mol. The van der Waals surface area contributed by atoms with E-state index in [4.69, 9.17) is 4.74 Å². The summed E-state index contributed by atoms with van der Waals surface area (Å²) in [5.41, 5.74) is 5.14. The third-order valence-electron chi connectivity index (χ3n) is 4.51. The van der Waals surface area contributed by atoms with Gasteiger partial charge in [0.15, 0.2) is 5.82 Å². The predicted octanol–water partition coefficient (Wildman–Crippen LogP) is 4.38. The van der Waals surface area contributed by atoms with Crippen molar-refractivity contribution >= 4 is 11.6 Å². The van der Waals surface area contributed by atoms with E-state index >= 15 is 0 Å². The molecule has 0 saturated heterocycles. The van der Waals surface area contributed by atoms with E-state index < -0.39 is 11.7 Å². The van der Waals surface area contributed by atoms with E-state index in [0.717, 1.165) is 41.7 Å². The number of rotatable bonds is 3. The molecule has 2 heterocycles. The predicted molar refractivity (Wildman–Crippen MR) is 98.0 cm³/mol. The van der Waals surface area contributed by atoms with Crippen molar-refractivity contribution in [3.8, 4) is 16.9 Å². The van der Waals surface area contributed by atoms with Crippen LogP contribution in [0, 0.1) is 12.7 Å². The second kappa shape index (κ2) is 6.59. The summed E-state index contributed by atoms with van der Waals surface area (Å²) in [7, 11) is 0. The molecule has 1 aliphatic rings. The number of carbonyl (C=O) groups is 1. The molecule has 5 heteroatoms. The molecule has 2 aromatic carbocycles. The van der Waals surface area contributed by atoms with E-state index in [9.17, 15) is 9.18 Å². The third-order valence-corrected chi connectivity index (χ3v) is 4.51. The van der Waals surface area contributed by atoms with Gasteiger partial charge in [0.05, 0.1) is 18.4 Å². The minimum atomic E-state index is -0.641. The Morgan fingerprint density at radius 2 is 2.00 bits per heavy atom. The van der Waals surface area contributed by atoms with Crippen LogP contribution in [0.2, 0.25) is 0 Å². The van der Waals surface area contributed by atoms with E-state index in [1.165, 1.54) is 17.8 Å². The van der Waals surface area contributed by atoms with Gasteiger partial charge in [-0.05, 0) is 59.5 Å². The van der Waals surface area contributed by atoms with Crippen LogP contribution in [0.25, 0.3) is 11.1 Å². The maximum atomic E-state index is 13.6. The smallest absolute Gasteiger partial charge is 0.258 e. The lowest BCUT2D eigenvalue weighted by Gasteiger charge is -2.11. The normalized spacial score (nSPS) is 12.4. The molecule has 130 valence electrons. The third kappa shape index (κ3) is 3.04. The molecule has 0 saturated carbocycles. The van der Waals surface area contributed by atoms with Crippen LogP contribution in [0.3, 0.4) is 0 Å². The van der Waals surface area contributed by atoms with Crippen LogP contribution in [0.1, 0.15) is 21.5 Å². The highest BCUT2D eigenvalue weighted by Crippen LogP contribution is 2.34. The Kier molecular flexibility index (Phi) is 4.13. The lowest BCUT2D eigenvalue weighted by molar-refractivity contribution is 0.102. The number of anilines is 1. The highest BCUT2D eigenvalue weighted by atomic mass is 19.1. The molecule has 4 rings (SSSR count). The second-order valence-corrected chi connectivity index (χ2v) is 6.26. The van der Waals surface area contributed by atoms with Crippen LogP contribution in [-0.4, -0.2) is 17.5 Å². The van der Waals surface area contributed by atoms with Crippen LogP contribution in [0.5, 0.6) is 5.75 Å². The van der Waals surface area contributed by atoms with E-state index in [1.54, 1.807) is 0 Å². The maximum absolute atomic E-state index is 13.6. The molecule has 0 unspecified atom stereocenters. The lowest BCUT2D eigenvalue weighted by Crippen LogP contribution is -2.13. The monoisotopic (exact) mass is 348 g/mol. The molecule has 4 nitrogen and oxygen atoms in total. The average molecular weight is 348 g/mol. The summed E-state index contributed by atoms with van der Waals surface area (Å²) in [5, 5.41) is 2.71. The maximum Gasteiger partial charge on any atom is 0.258 e. The van der Waals surface area contributed by atoms with Crippen molar-refractivity contribution in [3.63, 3.8) is 0 Å². The first kappa shape index (κ1) is 16.3. The van der Waals surface area contributed by atoms with Gasteiger partial charge in [-0.15, -0.1) is 0 Å². The Morgan fingerprint density at radius 3 is 2.77 bits per heavy atom. The first-order valence-electron chi connectivity index (χ1n) is 8.39. The number of ether oxygens (including phenoxy) is 1. The van der Waals surface area contributed by atoms with Gasteiger partial charge in [-0.25, -0.2) is 4.39 Å². The minimum Gasteiger partial charge on any atom is -0.493 e. The molecule has 3 aromatic rings. The first-order valence-corrected chi connectivity index (χ1v) is 8.39. The molecule has 0 atom stereocenters. The number of carbonyl (C=O) groups excluding carboxylic acids is 1. The van der Waals surface area contributed by atoms with E-state index in [1.807, 2.05) is 24.3 Å². The number of pyridine rings is 1. The number of nitrogens with zero attached hydrogens (tertiary/aromatic N) is 1. The zero-order valence-corrected chi connectivity index (χ0v) is 14.3. The van der Waals surface area contributed by atoms with E-state index in [0.29, 0.717) is 5.69 Å². The second-order valence-electron chi connectivity index (χ2n) is 6.26. The van der Waals surface area contributed by atoms with Gasteiger partial charge < -0.3 is 10.1 Å². The SMILES string of the molecule is Cc1cc2c(cc1-c1ccc(NC(=O)c3ccncc3F)cc1)CCO2. The van der Waals surface area contributed by atoms with Crippen molar-refractivity contribution in [2.24, 2.45) is 0 Å². The van der Waals surface area contributed by atoms with Crippen LogP contribution in [0.4, 0.5) is 10.1 Å². The number of fused-ring (bicyclic) bond motifs is 1. The summed E-state index contributed by atoms with van der Waals surface area (Å²) in [6.45, 7) is 2.79. The average Bonchev–Trinajstić information content (AvgIpc) is 3.09. The number of benzene rings is 2. The van der Waals surface area contributed by atoms with Crippen LogP contribution >= 0.6 is 0 Å². The zero-order chi connectivity index (χ0) is 18.1. The molecule has 0 spiro atoms. The summed E-state index contributed by atoms with van der Waals surface area (Å²) in [6, 6.07) is 13.1. The van der Waals surface area contributed by atoms with E-state index in [2.05, 4.69) is 29.4 Å². The van der Waals surface area contributed by atoms with Crippen molar-refractivity contribution in [3.05, 3.63) is 77.4 Å². The molecule has 1 amide bonds. The van der Waals surface area contributed by atoms with Gasteiger partial charge >= 0.3 is 0 Å². The standard InChI is InChI=1S/C21H17FN2O2/c1-13-10-20-15(7-9-26-20)11-18(13)14-2-4-16(5-3-14)24-21(25)17-6-8-23-12-19(17)22/h2-6,8,10-12H,7,9H2,1H3,(H,24,25). The van der Waals surface area contributed by atoms with E-state index in [-0.39, 0.29) is 5.56 Å². The summed E-state index contributed by atoms with van der Waals surface area (Å²) < 4.78 is 19.3. The number of hydrogen-bond acceptors (Lipinski definition) is 3. The number of aryl methyl sites for hydroxylation is 1. The summed E-state index contributed by atoms with van der Waals surface area (Å²) in [5.74, 6) is -0.171. The van der Waals surface area contributed by atoms with Crippen molar-refractivity contribution in [2.45, 2.75) is 13.3 Å². The molecule has 1 N–H and O–H groups in total. The Labute approximate surface area is 150 Å². The first-order chi connectivity index (χ1) is 12.6. The van der Waals surface area contributed by atoms with Gasteiger partial charge in [0.2, 0.25) is 0 Å². The van der Waals surface area contributed by atoms with Crippen molar-refractivity contribution in [1.82, 2.24) is 4.98 Å². The fraction of sp³-hybridized carbons (Fsp3) is 0.143. The number of halogens is 1. The van der Waals surface area contributed by atoms with Crippen LogP contribution in [-0.2, 0) is 6.42 Å². The van der Waals surface area contributed by atoms with Gasteiger partial charge in [-0.3, -0.25) is 9.78 Å². The topological polar surface area (TPSA) is 51.2 Å². The van der Waals surface area contributed by atoms with Gasteiger partial charge in [-0.2, -0.15) is 0 Å². The largest absolute Gasteiger partial charge is 0.493 e. The molecule has 0 radical (unpaired) electrons. The highest BCUT2D eigenvalue weighted by Gasteiger charge is 2.15. The van der Waals surface area contributed by atoms with Crippen LogP contribution < -0.4 is 10.1 Å². The quantitative estimate of drug-likeness (QED) is 0.764. The highest BCUT2D eigenvalue weighted by molar-refractivity contribution is 6.04. The Bertz CT molecular complexity index is 984. The summed E-state index contributed by atoms with van der Waals surface area (Å²) >= 11 is 0. The Balaban J connectivity index is 1.56. The minimum absolute atomic E-state index is 0.0291. The zero-order valence-electron chi connectivity index (χ0n) is 14.3. The van der Waals surface area contributed by atoms with Crippen molar-refractivity contribution < 1.29 is 13.9 Å². The number of hydrogen-bond donors (Lipinski definition) is 1. The van der Waals surface area contributed by atoms with Crippen molar-refractivity contribution in [1.29, 1.82) is 0 Å². The lowest BCUT2D eigenvalue weighted by atomic mass is 9.97. The molecule has 0 fully saturated rings.